The molecule has 2 aromatic carbocycles. The van der Waals surface area contributed by atoms with Gasteiger partial charge in [-0.3, -0.25) is 0 Å². The first-order valence-electron chi connectivity index (χ1n) is 6.64. The lowest BCUT2D eigenvalue weighted by molar-refractivity contribution is 0.403. The second-order valence-electron chi connectivity index (χ2n) is 4.58. The highest BCUT2D eigenvalue weighted by Crippen LogP contribution is 2.31. The minimum absolute atomic E-state index is 0.627. The van der Waals surface area contributed by atoms with Crippen LogP contribution in [0.4, 0.5) is 11.4 Å². The van der Waals surface area contributed by atoms with Crippen molar-refractivity contribution in [2.24, 2.45) is 0 Å². The maximum absolute atomic E-state index is 5.31. The topological polar surface area (TPSA) is 43.4 Å². The molecule has 0 spiro atoms. The monoisotopic (exact) mass is 280 g/mol. The number of nitrogens with one attached hydrogen (secondary N) is 1. The lowest BCUT2D eigenvalue weighted by atomic mass is 10.1. The number of benzene rings is 2. The Bertz CT molecular complexity index is 772. The molecule has 0 saturated carbocycles. The van der Waals surface area contributed by atoms with Gasteiger partial charge in [-0.15, -0.1) is 0 Å². The van der Waals surface area contributed by atoms with E-state index in [9.17, 15) is 0 Å². The Labute approximate surface area is 123 Å². The van der Waals surface area contributed by atoms with Gasteiger partial charge in [-0.05, 0) is 30.3 Å². The molecule has 106 valence electrons. The molecule has 3 aromatic rings. The third kappa shape index (κ3) is 2.60. The molecule has 1 aromatic heterocycles. The van der Waals surface area contributed by atoms with Crippen molar-refractivity contribution >= 4 is 22.1 Å². The minimum Gasteiger partial charge on any atom is -0.497 e. The molecule has 0 unspecified atom stereocenters. The largest absolute Gasteiger partial charge is 0.497 e. The van der Waals surface area contributed by atoms with Crippen LogP contribution in [0.2, 0.25) is 0 Å². The second-order valence-corrected chi connectivity index (χ2v) is 4.58. The molecule has 0 fully saturated rings. The lowest BCUT2D eigenvalue weighted by Gasteiger charge is -2.12. The van der Waals surface area contributed by atoms with Crippen LogP contribution in [-0.4, -0.2) is 19.2 Å². The van der Waals surface area contributed by atoms with Crippen molar-refractivity contribution < 1.29 is 9.47 Å². The molecule has 1 N–H and O–H groups in total. The van der Waals surface area contributed by atoms with Crippen LogP contribution in [0.5, 0.6) is 11.6 Å². The summed E-state index contributed by atoms with van der Waals surface area (Å²) >= 11 is 0. The number of hydrogen-bond acceptors (Lipinski definition) is 4. The van der Waals surface area contributed by atoms with Crippen molar-refractivity contribution in [2.75, 3.05) is 19.5 Å². The summed E-state index contributed by atoms with van der Waals surface area (Å²) in [5.41, 5.74) is 1.97. The number of pyridine rings is 1. The molecule has 0 bridgehead atoms. The fraction of sp³-hybridized carbons (Fsp3) is 0.118. The van der Waals surface area contributed by atoms with Crippen molar-refractivity contribution in [1.82, 2.24) is 4.98 Å². The number of methoxy groups -OCH3 is 2. The molecule has 21 heavy (non-hydrogen) atoms. The number of ether oxygens (including phenoxy) is 2. The molecule has 0 amide bonds. The number of rotatable bonds is 4. The molecule has 3 rings (SSSR count). The van der Waals surface area contributed by atoms with Crippen LogP contribution in [0.3, 0.4) is 0 Å². The van der Waals surface area contributed by atoms with Gasteiger partial charge >= 0.3 is 0 Å². The molecule has 0 saturated heterocycles. The van der Waals surface area contributed by atoms with E-state index in [1.54, 1.807) is 20.4 Å². The average molecular weight is 280 g/mol. The Morgan fingerprint density at radius 2 is 1.76 bits per heavy atom. The van der Waals surface area contributed by atoms with Crippen molar-refractivity contribution in [3.63, 3.8) is 0 Å². The summed E-state index contributed by atoms with van der Waals surface area (Å²) in [7, 11) is 3.29. The highest BCUT2D eigenvalue weighted by atomic mass is 16.5. The predicted octanol–water partition coefficient (Wildman–Crippen LogP) is 4.00. The Balaban J connectivity index is 2.04. The molecule has 0 aliphatic rings. The molecular weight excluding hydrogens is 264 g/mol. The Kier molecular flexibility index (Phi) is 3.60. The minimum atomic E-state index is 0.627. The van der Waals surface area contributed by atoms with Crippen molar-refractivity contribution in [3.8, 4) is 11.6 Å². The first kappa shape index (κ1) is 13.2. The first-order valence-corrected chi connectivity index (χ1v) is 6.64. The van der Waals surface area contributed by atoms with Gasteiger partial charge in [0.05, 0.1) is 14.2 Å². The highest BCUT2D eigenvalue weighted by Gasteiger charge is 2.06. The molecular formula is C17H16N2O2. The van der Waals surface area contributed by atoms with E-state index in [2.05, 4.69) is 10.3 Å². The molecule has 0 atom stereocenters. The molecule has 1 heterocycles. The Morgan fingerprint density at radius 3 is 2.57 bits per heavy atom. The number of aromatic nitrogens is 1. The van der Waals surface area contributed by atoms with E-state index in [4.69, 9.17) is 9.47 Å². The molecule has 0 aliphatic heterocycles. The fourth-order valence-corrected chi connectivity index (χ4v) is 2.31. The van der Waals surface area contributed by atoms with Gasteiger partial charge in [-0.25, -0.2) is 4.98 Å². The van der Waals surface area contributed by atoms with Crippen LogP contribution in [-0.2, 0) is 0 Å². The smallest absolute Gasteiger partial charge is 0.221 e. The van der Waals surface area contributed by atoms with E-state index >= 15 is 0 Å². The highest BCUT2D eigenvalue weighted by molar-refractivity contribution is 5.97. The maximum Gasteiger partial charge on any atom is 0.221 e. The quantitative estimate of drug-likeness (QED) is 0.784. The number of fused-ring (bicyclic) bond motifs is 1. The van der Waals surface area contributed by atoms with E-state index in [0.717, 1.165) is 27.9 Å². The maximum atomic E-state index is 5.31. The van der Waals surface area contributed by atoms with E-state index in [-0.39, 0.29) is 0 Å². The second kappa shape index (κ2) is 5.71. The van der Waals surface area contributed by atoms with E-state index in [1.807, 2.05) is 48.5 Å². The summed E-state index contributed by atoms with van der Waals surface area (Å²) in [6.45, 7) is 0. The van der Waals surface area contributed by atoms with Gasteiger partial charge < -0.3 is 14.8 Å². The van der Waals surface area contributed by atoms with Crippen molar-refractivity contribution in [1.29, 1.82) is 0 Å². The molecule has 0 aliphatic carbocycles. The normalized spacial score (nSPS) is 10.4. The number of anilines is 2. The standard InChI is InChI=1S/C17H16N2O2/c1-20-13-6-3-5-12(11-13)19-16-8-4-7-15-14(16)9-10-18-17(15)21-2/h3-11,19H,1-2H3. The van der Waals surface area contributed by atoms with E-state index < -0.39 is 0 Å². The number of nitrogens with zero attached hydrogens (tertiary/aromatic N) is 1. The van der Waals surface area contributed by atoms with Gasteiger partial charge in [-0.2, -0.15) is 0 Å². The average Bonchev–Trinajstić information content (AvgIpc) is 2.55. The zero-order valence-corrected chi connectivity index (χ0v) is 12.0. The van der Waals surface area contributed by atoms with Gasteiger partial charge in [0.2, 0.25) is 5.88 Å². The van der Waals surface area contributed by atoms with Gasteiger partial charge in [0.15, 0.2) is 0 Å². The molecule has 0 radical (unpaired) electrons. The van der Waals surface area contributed by atoms with Crippen LogP contribution in [0.25, 0.3) is 10.8 Å². The fourth-order valence-electron chi connectivity index (χ4n) is 2.31. The molecule has 4 nitrogen and oxygen atoms in total. The third-order valence-corrected chi connectivity index (χ3v) is 3.31. The van der Waals surface area contributed by atoms with E-state index in [0.29, 0.717) is 5.88 Å². The third-order valence-electron chi connectivity index (χ3n) is 3.31. The van der Waals surface area contributed by atoms with Gasteiger partial charge in [0.25, 0.3) is 0 Å². The molecule has 4 heteroatoms. The zero-order chi connectivity index (χ0) is 14.7. The SMILES string of the molecule is COc1cccc(Nc2cccc3c(OC)nccc23)c1. The first-order chi connectivity index (χ1) is 10.3. The van der Waals surface area contributed by atoms with Crippen LogP contribution < -0.4 is 14.8 Å². The predicted molar refractivity (Wildman–Crippen MR) is 84.6 cm³/mol. The summed E-state index contributed by atoms with van der Waals surface area (Å²) in [5.74, 6) is 1.45. The Morgan fingerprint density at radius 1 is 0.905 bits per heavy atom. The van der Waals surface area contributed by atoms with Crippen molar-refractivity contribution in [3.05, 3.63) is 54.7 Å². The summed E-state index contributed by atoms with van der Waals surface area (Å²) in [6.07, 6.45) is 1.75. The summed E-state index contributed by atoms with van der Waals surface area (Å²) in [6, 6.07) is 15.8. The van der Waals surface area contributed by atoms with Crippen LogP contribution in [0.15, 0.2) is 54.7 Å². The van der Waals surface area contributed by atoms with Gasteiger partial charge in [-0.1, -0.05) is 12.1 Å². The van der Waals surface area contributed by atoms with Gasteiger partial charge in [0, 0.05) is 34.4 Å². The summed E-state index contributed by atoms with van der Waals surface area (Å²) in [5, 5.41) is 5.45. The van der Waals surface area contributed by atoms with Gasteiger partial charge in [0.1, 0.15) is 5.75 Å². The van der Waals surface area contributed by atoms with Crippen LogP contribution in [0.1, 0.15) is 0 Å². The lowest BCUT2D eigenvalue weighted by Crippen LogP contribution is -1.94. The summed E-state index contributed by atoms with van der Waals surface area (Å²) in [4.78, 5) is 4.23. The Hall–Kier alpha value is -2.75. The van der Waals surface area contributed by atoms with E-state index in [1.165, 1.54) is 0 Å². The van der Waals surface area contributed by atoms with Crippen LogP contribution in [0, 0.1) is 0 Å². The van der Waals surface area contributed by atoms with Crippen LogP contribution >= 0.6 is 0 Å². The summed E-state index contributed by atoms with van der Waals surface area (Å²) < 4.78 is 10.6. The number of hydrogen-bond donors (Lipinski definition) is 1. The van der Waals surface area contributed by atoms with Crippen molar-refractivity contribution in [2.45, 2.75) is 0 Å². The zero-order valence-electron chi connectivity index (χ0n) is 12.0.